The molecular weight excluding hydrogens is 560 g/mol. The summed E-state index contributed by atoms with van der Waals surface area (Å²) in [6.45, 7) is 9.16. The number of hydrogen-bond acceptors (Lipinski definition) is 6. The Morgan fingerprint density at radius 1 is 0.841 bits per heavy atom. The van der Waals surface area contributed by atoms with Gasteiger partial charge in [-0.05, 0) is 58.2 Å². The number of nitrogens with zero attached hydrogens (tertiary/aromatic N) is 2. The van der Waals surface area contributed by atoms with Gasteiger partial charge in [-0.15, -0.1) is 0 Å². The standard InChI is InChI=1S/C34H48N4O6/c1-33(2,3)44-32(42)36-34(4,5)21-15-20-29(39)37(7)28(24-43-23-26-18-13-10-14-19-26)31(41)38(8)27(30(40)35-6)22-25-16-11-9-12-17-25/h9-20,27-28H,21-24H2,1-8H3,(H,35,40)(H,36,42)/b20-15+/t27-,28-/m1/s1. The Labute approximate surface area is 261 Å². The molecule has 0 aromatic heterocycles. The number of carbonyl (C=O) groups is 4. The van der Waals surface area contributed by atoms with Crippen LogP contribution in [-0.4, -0.2) is 84.6 Å². The molecule has 0 unspecified atom stereocenters. The molecule has 10 heteroatoms. The van der Waals surface area contributed by atoms with Crippen LogP contribution in [0.5, 0.6) is 0 Å². The van der Waals surface area contributed by atoms with E-state index in [4.69, 9.17) is 9.47 Å². The van der Waals surface area contributed by atoms with Crippen LogP contribution in [0.3, 0.4) is 0 Å². The number of carbonyl (C=O) groups excluding carboxylic acids is 4. The topological polar surface area (TPSA) is 117 Å². The number of ether oxygens (including phenoxy) is 2. The third-order valence-corrected chi connectivity index (χ3v) is 6.85. The number of benzene rings is 2. The molecule has 4 amide bonds. The van der Waals surface area contributed by atoms with Crippen molar-refractivity contribution in [1.82, 2.24) is 20.4 Å². The molecule has 0 aliphatic heterocycles. The highest BCUT2D eigenvalue weighted by molar-refractivity contribution is 5.94. The van der Waals surface area contributed by atoms with E-state index in [1.165, 1.54) is 30.0 Å². The van der Waals surface area contributed by atoms with Crippen molar-refractivity contribution in [3.8, 4) is 0 Å². The molecule has 0 aliphatic rings. The molecule has 0 heterocycles. The molecule has 0 saturated carbocycles. The van der Waals surface area contributed by atoms with E-state index >= 15 is 0 Å². The molecule has 0 saturated heterocycles. The maximum absolute atomic E-state index is 13.9. The molecule has 240 valence electrons. The van der Waals surface area contributed by atoms with Crippen molar-refractivity contribution in [2.45, 2.75) is 77.3 Å². The maximum Gasteiger partial charge on any atom is 0.408 e. The Morgan fingerprint density at radius 2 is 1.41 bits per heavy atom. The molecule has 0 bridgehead atoms. The summed E-state index contributed by atoms with van der Waals surface area (Å²) < 4.78 is 11.3. The molecule has 44 heavy (non-hydrogen) atoms. The highest BCUT2D eigenvalue weighted by atomic mass is 16.6. The number of alkyl carbamates (subject to hydrolysis) is 1. The van der Waals surface area contributed by atoms with Crippen LogP contribution in [0.15, 0.2) is 72.8 Å². The highest BCUT2D eigenvalue weighted by Gasteiger charge is 2.34. The van der Waals surface area contributed by atoms with E-state index in [1.807, 2.05) is 74.5 Å². The van der Waals surface area contributed by atoms with Crippen molar-refractivity contribution in [2.24, 2.45) is 0 Å². The molecule has 0 aliphatic carbocycles. The van der Waals surface area contributed by atoms with Crippen molar-refractivity contribution >= 4 is 23.8 Å². The Hall–Kier alpha value is -4.18. The van der Waals surface area contributed by atoms with Crippen molar-refractivity contribution < 1.29 is 28.7 Å². The fraction of sp³-hybridized carbons (Fsp3) is 0.471. The lowest BCUT2D eigenvalue weighted by Crippen LogP contribution is -2.56. The minimum Gasteiger partial charge on any atom is -0.444 e. The fourth-order valence-electron chi connectivity index (χ4n) is 4.37. The van der Waals surface area contributed by atoms with Crippen molar-refractivity contribution in [3.63, 3.8) is 0 Å². The quantitative estimate of drug-likeness (QED) is 0.312. The van der Waals surface area contributed by atoms with Gasteiger partial charge in [-0.25, -0.2) is 4.79 Å². The Kier molecular flexibility index (Phi) is 13.6. The average Bonchev–Trinajstić information content (AvgIpc) is 2.96. The minimum atomic E-state index is -1.00. The molecule has 2 N–H and O–H groups in total. The van der Waals surface area contributed by atoms with Gasteiger partial charge >= 0.3 is 6.09 Å². The smallest absolute Gasteiger partial charge is 0.408 e. The van der Waals surface area contributed by atoms with E-state index in [0.29, 0.717) is 12.8 Å². The highest BCUT2D eigenvalue weighted by Crippen LogP contribution is 2.15. The second-order valence-electron chi connectivity index (χ2n) is 12.4. The summed E-state index contributed by atoms with van der Waals surface area (Å²) in [5.41, 5.74) is 0.495. The van der Waals surface area contributed by atoms with Gasteiger partial charge in [0.15, 0.2) is 0 Å². The van der Waals surface area contributed by atoms with Crippen LogP contribution >= 0.6 is 0 Å². The summed E-state index contributed by atoms with van der Waals surface area (Å²) in [7, 11) is 4.62. The number of likely N-dealkylation sites (N-methyl/N-ethyl adjacent to an activating group) is 3. The molecule has 2 aromatic rings. The Balaban J connectivity index is 2.21. The zero-order chi connectivity index (χ0) is 32.9. The summed E-state index contributed by atoms with van der Waals surface area (Å²) in [5, 5.41) is 5.46. The molecule has 2 rings (SSSR count). The number of rotatable bonds is 14. The first-order valence-electron chi connectivity index (χ1n) is 14.7. The van der Waals surface area contributed by atoms with Crippen molar-refractivity contribution in [3.05, 3.63) is 83.9 Å². The van der Waals surface area contributed by atoms with Crippen LogP contribution in [0, 0.1) is 0 Å². The summed E-state index contributed by atoms with van der Waals surface area (Å²) in [5.74, 6) is -1.17. The predicted octanol–water partition coefficient (Wildman–Crippen LogP) is 4.10. The Morgan fingerprint density at radius 3 is 1.95 bits per heavy atom. The zero-order valence-electron chi connectivity index (χ0n) is 27.3. The zero-order valence-corrected chi connectivity index (χ0v) is 27.3. The van der Waals surface area contributed by atoms with E-state index in [1.54, 1.807) is 33.9 Å². The lowest BCUT2D eigenvalue weighted by Gasteiger charge is -2.34. The van der Waals surface area contributed by atoms with Gasteiger partial charge < -0.3 is 29.9 Å². The van der Waals surface area contributed by atoms with E-state index < -0.39 is 41.1 Å². The molecule has 0 radical (unpaired) electrons. The number of hydrogen-bond donors (Lipinski definition) is 2. The third kappa shape index (κ3) is 12.2. The second kappa shape index (κ2) is 16.6. The lowest BCUT2D eigenvalue weighted by atomic mass is 10.0. The normalized spacial score (nSPS) is 13.1. The number of nitrogens with one attached hydrogen (secondary N) is 2. The van der Waals surface area contributed by atoms with Gasteiger partial charge in [-0.3, -0.25) is 14.4 Å². The first kappa shape index (κ1) is 36.0. The molecular formula is C34H48N4O6. The van der Waals surface area contributed by atoms with Crippen molar-refractivity contribution in [1.29, 1.82) is 0 Å². The van der Waals surface area contributed by atoms with Gasteiger partial charge in [0.1, 0.15) is 17.7 Å². The first-order valence-corrected chi connectivity index (χ1v) is 14.7. The van der Waals surface area contributed by atoms with Crippen LogP contribution in [0.25, 0.3) is 0 Å². The molecule has 2 atom stereocenters. The second-order valence-corrected chi connectivity index (χ2v) is 12.4. The SMILES string of the molecule is CNC(=O)[C@@H](Cc1ccccc1)N(C)C(=O)[C@@H](COCc1ccccc1)N(C)C(=O)/C=C/CC(C)(C)NC(=O)OC(C)(C)C. The van der Waals surface area contributed by atoms with Crippen LogP contribution in [0.4, 0.5) is 4.79 Å². The van der Waals surface area contributed by atoms with Crippen molar-refractivity contribution in [2.75, 3.05) is 27.7 Å². The largest absolute Gasteiger partial charge is 0.444 e. The summed E-state index contributed by atoms with van der Waals surface area (Å²) in [6, 6.07) is 17.1. The van der Waals surface area contributed by atoms with Gasteiger partial charge in [-0.1, -0.05) is 66.7 Å². The molecule has 0 spiro atoms. The maximum atomic E-state index is 13.9. The van der Waals surface area contributed by atoms with Crippen LogP contribution in [0.1, 0.15) is 52.2 Å². The van der Waals surface area contributed by atoms with E-state index in [-0.39, 0.29) is 19.1 Å². The van der Waals surface area contributed by atoms with Crippen LogP contribution in [0.2, 0.25) is 0 Å². The summed E-state index contributed by atoms with van der Waals surface area (Å²) >= 11 is 0. The minimum absolute atomic E-state index is 0.0777. The van der Waals surface area contributed by atoms with Gasteiger partial charge in [-0.2, -0.15) is 0 Å². The summed E-state index contributed by atoms with van der Waals surface area (Å²) in [4.78, 5) is 55.1. The fourth-order valence-corrected chi connectivity index (χ4v) is 4.37. The van der Waals surface area contributed by atoms with Crippen LogP contribution < -0.4 is 10.6 Å². The summed E-state index contributed by atoms with van der Waals surface area (Å²) in [6.07, 6.45) is 3.11. The van der Waals surface area contributed by atoms with Gasteiger partial charge in [0.05, 0.1) is 13.2 Å². The van der Waals surface area contributed by atoms with Gasteiger partial charge in [0.25, 0.3) is 0 Å². The average molecular weight is 609 g/mol. The Bertz CT molecular complexity index is 1260. The van der Waals surface area contributed by atoms with Crippen LogP contribution in [-0.2, 0) is 36.9 Å². The predicted molar refractivity (Wildman–Crippen MR) is 171 cm³/mol. The van der Waals surface area contributed by atoms with E-state index in [0.717, 1.165) is 11.1 Å². The monoisotopic (exact) mass is 608 g/mol. The number of amides is 4. The lowest BCUT2D eigenvalue weighted by molar-refractivity contribution is -0.148. The van der Waals surface area contributed by atoms with Gasteiger partial charge in [0, 0.05) is 33.1 Å². The molecule has 2 aromatic carbocycles. The van der Waals surface area contributed by atoms with Gasteiger partial charge in [0.2, 0.25) is 17.7 Å². The third-order valence-electron chi connectivity index (χ3n) is 6.85. The van der Waals surface area contributed by atoms with E-state index in [9.17, 15) is 19.2 Å². The molecule has 0 fully saturated rings. The van der Waals surface area contributed by atoms with E-state index in [2.05, 4.69) is 10.6 Å². The molecule has 10 nitrogen and oxygen atoms in total. The first-order chi connectivity index (χ1) is 20.6.